The number of urea groups is 1. The fourth-order valence-corrected chi connectivity index (χ4v) is 1.92. The van der Waals surface area contributed by atoms with Crippen molar-refractivity contribution in [2.24, 2.45) is 5.73 Å². The van der Waals surface area contributed by atoms with Crippen molar-refractivity contribution in [3.8, 4) is 0 Å². The molecule has 0 atom stereocenters. The monoisotopic (exact) mass is 281 g/mol. The van der Waals surface area contributed by atoms with E-state index in [2.05, 4.69) is 4.98 Å². The lowest BCUT2D eigenvalue weighted by molar-refractivity contribution is 0.256. The molecule has 0 aliphatic carbocycles. The number of carbonyl (C=O) groups excluding carboxylic acids is 1. The Labute approximate surface area is 114 Å². The standard InChI is InChI=1S/C12H9Cl2N3O/c13-9-2-1-3-10(11(9)14)17(12(15)18)8-4-6-16-7-5-8/h1-7H,(H2,15,18). The van der Waals surface area contributed by atoms with Gasteiger partial charge in [-0.3, -0.25) is 9.88 Å². The third kappa shape index (κ3) is 2.39. The van der Waals surface area contributed by atoms with Gasteiger partial charge in [0.15, 0.2) is 0 Å². The van der Waals surface area contributed by atoms with Crippen LogP contribution in [-0.2, 0) is 0 Å². The molecule has 6 heteroatoms. The summed E-state index contributed by atoms with van der Waals surface area (Å²) in [6.07, 6.45) is 3.12. The number of hydrogen-bond acceptors (Lipinski definition) is 2. The van der Waals surface area contributed by atoms with Gasteiger partial charge in [0.25, 0.3) is 0 Å². The van der Waals surface area contributed by atoms with Crippen molar-refractivity contribution >= 4 is 40.6 Å². The number of pyridine rings is 1. The molecule has 0 saturated heterocycles. The van der Waals surface area contributed by atoms with Crippen molar-refractivity contribution in [2.45, 2.75) is 0 Å². The highest BCUT2D eigenvalue weighted by molar-refractivity contribution is 6.44. The van der Waals surface area contributed by atoms with Crippen LogP contribution in [0.3, 0.4) is 0 Å². The van der Waals surface area contributed by atoms with Crippen LogP contribution in [0, 0.1) is 0 Å². The van der Waals surface area contributed by atoms with Gasteiger partial charge in [0.2, 0.25) is 0 Å². The molecule has 0 aliphatic heterocycles. The first-order valence-electron chi connectivity index (χ1n) is 5.05. The van der Waals surface area contributed by atoms with Gasteiger partial charge in [0, 0.05) is 12.4 Å². The molecule has 2 amide bonds. The third-order valence-electron chi connectivity index (χ3n) is 2.31. The number of primary amides is 1. The lowest BCUT2D eigenvalue weighted by atomic mass is 10.2. The van der Waals surface area contributed by atoms with Gasteiger partial charge in [-0.05, 0) is 24.3 Å². The number of aromatic nitrogens is 1. The highest BCUT2D eigenvalue weighted by atomic mass is 35.5. The van der Waals surface area contributed by atoms with E-state index in [0.29, 0.717) is 16.4 Å². The minimum Gasteiger partial charge on any atom is -0.351 e. The zero-order chi connectivity index (χ0) is 13.1. The summed E-state index contributed by atoms with van der Waals surface area (Å²) in [5.74, 6) is 0. The lowest BCUT2D eigenvalue weighted by Gasteiger charge is -2.21. The molecule has 2 aromatic rings. The summed E-state index contributed by atoms with van der Waals surface area (Å²) >= 11 is 12.0. The summed E-state index contributed by atoms with van der Waals surface area (Å²) < 4.78 is 0. The predicted octanol–water partition coefficient (Wildman–Crippen LogP) is 3.61. The molecule has 2 rings (SSSR count). The maximum atomic E-state index is 11.6. The Morgan fingerprint density at radius 3 is 2.44 bits per heavy atom. The molecule has 1 aromatic heterocycles. The molecule has 0 fully saturated rings. The topological polar surface area (TPSA) is 59.2 Å². The number of benzene rings is 1. The number of carbonyl (C=O) groups is 1. The van der Waals surface area contributed by atoms with Gasteiger partial charge in [-0.2, -0.15) is 0 Å². The molecule has 0 saturated carbocycles. The highest BCUT2D eigenvalue weighted by Crippen LogP contribution is 2.35. The summed E-state index contributed by atoms with van der Waals surface area (Å²) in [5.41, 5.74) is 6.39. The van der Waals surface area contributed by atoms with Crippen LogP contribution in [0.4, 0.5) is 16.2 Å². The average molecular weight is 282 g/mol. The maximum absolute atomic E-state index is 11.6. The van der Waals surface area contributed by atoms with Crippen LogP contribution in [0.5, 0.6) is 0 Å². The summed E-state index contributed by atoms with van der Waals surface area (Å²) in [7, 11) is 0. The molecule has 0 radical (unpaired) electrons. The molecule has 4 nitrogen and oxygen atoms in total. The highest BCUT2D eigenvalue weighted by Gasteiger charge is 2.18. The predicted molar refractivity (Wildman–Crippen MR) is 72.4 cm³/mol. The summed E-state index contributed by atoms with van der Waals surface area (Å²) in [6, 6.07) is 7.66. The number of amides is 2. The Kier molecular flexibility index (Phi) is 3.69. The van der Waals surface area contributed by atoms with E-state index in [1.807, 2.05) is 0 Å². The van der Waals surface area contributed by atoms with Crippen LogP contribution in [0.15, 0.2) is 42.7 Å². The van der Waals surface area contributed by atoms with Crippen molar-refractivity contribution in [1.82, 2.24) is 4.98 Å². The van der Waals surface area contributed by atoms with Gasteiger partial charge >= 0.3 is 6.03 Å². The molecule has 0 bridgehead atoms. The first kappa shape index (κ1) is 12.7. The lowest BCUT2D eigenvalue weighted by Crippen LogP contribution is -2.31. The molecule has 18 heavy (non-hydrogen) atoms. The molecular weight excluding hydrogens is 273 g/mol. The Morgan fingerprint density at radius 1 is 1.17 bits per heavy atom. The van der Waals surface area contributed by atoms with Gasteiger partial charge in [0.1, 0.15) is 0 Å². The zero-order valence-corrected chi connectivity index (χ0v) is 10.7. The van der Waals surface area contributed by atoms with Gasteiger partial charge in [0.05, 0.1) is 21.4 Å². The van der Waals surface area contributed by atoms with E-state index in [9.17, 15) is 4.79 Å². The van der Waals surface area contributed by atoms with Crippen molar-refractivity contribution in [3.05, 3.63) is 52.8 Å². The van der Waals surface area contributed by atoms with Gasteiger partial charge in [-0.1, -0.05) is 29.3 Å². The van der Waals surface area contributed by atoms with Crippen molar-refractivity contribution in [3.63, 3.8) is 0 Å². The molecule has 1 heterocycles. The second kappa shape index (κ2) is 5.25. The van der Waals surface area contributed by atoms with E-state index < -0.39 is 6.03 Å². The Hall–Kier alpha value is -1.78. The molecule has 2 N–H and O–H groups in total. The fraction of sp³-hybridized carbons (Fsp3) is 0. The van der Waals surface area contributed by atoms with Crippen LogP contribution in [0.1, 0.15) is 0 Å². The minimum absolute atomic E-state index is 0.273. The molecule has 0 spiro atoms. The zero-order valence-electron chi connectivity index (χ0n) is 9.18. The van der Waals surface area contributed by atoms with E-state index in [1.54, 1.807) is 42.7 Å². The van der Waals surface area contributed by atoms with E-state index in [4.69, 9.17) is 28.9 Å². The Bertz CT molecular complexity index is 575. The van der Waals surface area contributed by atoms with E-state index >= 15 is 0 Å². The number of nitrogens with zero attached hydrogens (tertiary/aromatic N) is 2. The summed E-state index contributed by atoms with van der Waals surface area (Å²) in [6.45, 7) is 0. The molecular formula is C12H9Cl2N3O. The van der Waals surface area contributed by atoms with Crippen LogP contribution in [0.2, 0.25) is 10.0 Å². The molecule has 0 aliphatic rings. The van der Waals surface area contributed by atoms with Crippen LogP contribution < -0.4 is 10.6 Å². The first-order valence-corrected chi connectivity index (χ1v) is 5.80. The average Bonchev–Trinajstić information content (AvgIpc) is 2.36. The van der Waals surface area contributed by atoms with Gasteiger partial charge in [-0.25, -0.2) is 4.79 Å². The second-order valence-electron chi connectivity index (χ2n) is 3.45. The number of halogens is 2. The Morgan fingerprint density at radius 2 is 1.83 bits per heavy atom. The van der Waals surface area contributed by atoms with Gasteiger partial charge < -0.3 is 5.73 Å². The molecule has 0 unspecified atom stereocenters. The SMILES string of the molecule is NC(=O)N(c1ccncc1)c1cccc(Cl)c1Cl. The van der Waals surface area contributed by atoms with Crippen LogP contribution >= 0.6 is 23.2 Å². The number of rotatable bonds is 2. The normalized spacial score (nSPS) is 10.1. The van der Waals surface area contributed by atoms with E-state index in [1.165, 1.54) is 4.90 Å². The smallest absolute Gasteiger partial charge is 0.323 e. The van der Waals surface area contributed by atoms with Crippen molar-refractivity contribution in [1.29, 1.82) is 0 Å². The van der Waals surface area contributed by atoms with Crippen LogP contribution in [-0.4, -0.2) is 11.0 Å². The fourth-order valence-electron chi connectivity index (χ4n) is 1.54. The maximum Gasteiger partial charge on any atom is 0.323 e. The number of nitrogens with two attached hydrogens (primary N) is 1. The van der Waals surface area contributed by atoms with E-state index in [0.717, 1.165) is 0 Å². The molecule has 92 valence electrons. The quantitative estimate of drug-likeness (QED) is 0.914. The van der Waals surface area contributed by atoms with Crippen LogP contribution in [0.25, 0.3) is 0 Å². The third-order valence-corrected chi connectivity index (χ3v) is 3.12. The Balaban J connectivity index is 2.56. The number of anilines is 2. The largest absolute Gasteiger partial charge is 0.351 e. The summed E-state index contributed by atoms with van der Waals surface area (Å²) in [4.78, 5) is 16.7. The minimum atomic E-state index is -0.648. The van der Waals surface area contributed by atoms with Gasteiger partial charge in [-0.15, -0.1) is 0 Å². The number of hydrogen-bond donors (Lipinski definition) is 1. The van der Waals surface area contributed by atoms with Crippen molar-refractivity contribution in [2.75, 3.05) is 4.90 Å². The molecule has 1 aromatic carbocycles. The van der Waals surface area contributed by atoms with Crippen molar-refractivity contribution < 1.29 is 4.79 Å². The van der Waals surface area contributed by atoms with E-state index in [-0.39, 0.29) is 5.02 Å². The first-order chi connectivity index (χ1) is 8.61. The summed E-state index contributed by atoms with van der Waals surface area (Å²) in [5, 5.41) is 0.629. The second-order valence-corrected chi connectivity index (χ2v) is 4.24.